The van der Waals surface area contributed by atoms with Crippen LogP contribution in [-0.2, 0) is 20.8 Å². The SMILES string of the molecule is CC.C[Si](C)(C1C=CC=C1)C1C=Cc2c(Br)cccc21.C[Si](C)(C1CCCC1)C1CCC2C(Br)CCCC21.[CH3-].[Cl][Zr][Cl]. The molecule has 5 aliphatic rings. The summed E-state index contributed by atoms with van der Waals surface area (Å²) in [7, 11) is 7.48. The zero-order chi connectivity index (χ0) is 30.2. The maximum absolute atomic E-state index is 4.93. The van der Waals surface area contributed by atoms with Crippen molar-refractivity contribution < 1.29 is 20.8 Å². The fraction of sp³-hybridized carbons (Fsp3) is 0.629. The van der Waals surface area contributed by atoms with Gasteiger partial charge in [-0.05, 0) is 64.0 Å². The van der Waals surface area contributed by atoms with Gasteiger partial charge in [-0.15, -0.1) is 0 Å². The van der Waals surface area contributed by atoms with Gasteiger partial charge in [-0.1, -0.05) is 165 Å². The summed E-state index contributed by atoms with van der Waals surface area (Å²) in [6.45, 7) is 14.5. The third-order valence-electron chi connectivity index (χ3n) is 11.0. The van der Waals surface area contributed by atoms with Crippen molar-refractivity contribution in [3.63, 3.8) is 0 Å². The van der Waals surface area contributed by atoms with E-state index in [0.29, 0.717) is 11.1 Å². The van der Waals surface area contributed by atoms with E-state index < -0.39 is 37.0 Å². The average Bonchev–Trinajstić information content (AvgIpc) is 3.77. The van der Waals surface area contributed by atoms with E-state index in [4.69, 9.17) is 17.0 Å². The molecule has 1 aromatic rings. The van der Waals surface area contributed by atoms with Crippen LogP contribution < -0.4 is 0 Å². The van der Waals surface area contributed by atoms with Gasteiger partial charge in [0.2, 0.25) is 0 Å². The monoisotopic (exact) mass is 849 g/mol. The summed E-state index contributed by atoms with van der Waals surface area (Å²) in [6, 6.07) is 6.59. The molecule has 1 aromatic carbocycles. The standard InChI is InChI=1S/C16H29BrSi.C16H17BrSi.C2H6.CH3.2ClH.Zr/c2*1-18(2,12-6-3-4-7-12)16-11-10-13-14(16)8-5-9-15(13)17;1-2;;;;/h12-16H,3-11H2,1-2H3;3-12,16H,1-2H3;1-2H3;1H3;2*1H;/q;;;-1;;;+2/p-2. The first kappa shape index (κ1) is 39.5. The van der Waals surface area contributed by atoms with E-state index in [1.54, 1.807) is 25.7 Å². The third-order valence-corrected chi connectivity index (χ3v) is 22.4. The van der Waals surface area contributed by atoms with Crippen molar-refractivity contribution in [3.05, 3.63) is 71.6 Å². The summed E-state index contributed by atoms with van der Waals surface area (Å²) in [6.07, 6.45) is 27.7. The van der Waals surface area contributed by atoms with Crippen LogP contribution in [0.15, 0.2) is 53.1 Å². The second-order valence-corrected chi connectivity index (χ2v) is 29.4. The second-order valence-electron chi connectivity index (χ2n) is 13.5. The van der Waals surface area contributed by atoms with E-state index in [1.807, 2.05) is 13.8 Å². The van der Waals surface area contributed by atoms with Crippen molar-refractivity contribution in [2.45, 2.75) is 125 Å². The Bertz CT molecular complexity index is 1040. The Morgan fingerprint density at radius 2 is 1.40 bits per heavy atom. The number of halogens is 4. The van der Waals surface area contributed by atoms with Crippen molar-refractivity contribution in [2.24, 2.45) is 11.8 Å². The van der Waals surface area contributed by atoms with Crippen molar-refractivity contribution in [1.29, 1.82) is 0 Å². The molecule has 0 aromatic heterocycles. The van der Waals surface area contributed by atoms with E-state index in [1.165, 1.54) is 47.7 Å². The molecule has 0 aliphatic heterocycles. The molecule has 0 N–H and O–H groups in total. The first-order valence-corrected chi connectivity index (χ1v) is 30.4. The van der Waals surface area contributed by atoms with E-state index in [0.717, 1.165) is 27.7 Å². The summed E-state index contributed by atoms with van der Waals surface area (Å²) >= 11 is 6.82. The number of fused-ring (bicyclic) bond motifs is 2. The Balaban J connectivity index is 0.000000250. The van der Waals surface area contributed by atoms with Crippen LogP contribution in [-0.4, -0.2) is 21.0 Å². The fourth-order valence-corrected chi connectivity index (χ4v) is 18.4. The molecule has 3 fully saturated rings. The first-order valence-electron chi connectivity index (χ1n) is 16.0. The van der Waals surface area contributed by atoms with Crippen LogP contribution >= 0.6 is 48.9 Å². The minimum absolute atomic E-state index is 0. The Hall–Kier alpha value is 1.30. The zero-order valence-electron chi connectivity index (χ0n) is 27.1. The summed E-state index contributed by atoms with van der Waals surface area (Å²) in [5.41, 5.74) is 6.51. The predicted molar refractivity (Wildman–Crippen MR) is 201 cm³/mol. The summed E-state index contributed by atoms with van der Waals surface area (Å²) < 4.78 is 1.22. The van der Waals surface area contributed by atoms with Crippen LogP contribution in [0.5, 0.6) is 0 Å². The van der Waals surface area contributed by atoms with Crippen molar-refractivity contribution in [3.8, 4) is 0 Å². The van der Waals surface area contributed by atoms with Gasteiger partial charge in [0, 0.05) is 9.30 Å². The van der Waals surface area contributed by atoms with Crippen LogP contribution in [0.1, 0.15) is 88.3 Å². The second kappa shape index (κ2) is 18.6. The summed E-state index contributed by atoms with van der Waals surface area (Å²) in [4.78, 5) is 0.856. The Morgan fingerprint density at radius 1 is 0.786 bits per heavy atom. The molecule has 5 unspecified atom stereocenters. The first-order chi connectivity index (χ1) is 19.6. The zero-order valence-corrected chi connectivity index (χ0v) is 36.3. The van der Waals surface area contributed by atoms with E-state index in [2.05, 4.69) is 113 Å². The third kappa shape index (κ3) is 9.22. The topological polar surface area (TPSA) is 0 Å². The fourth-order valence-electron chi connectivity index (χ4n) is 8.70. The molecule has 236 valence electrons. The Morgan fingerprint density at radius 3 is 2.02 bits per heavy atom. The molecule has 0 amide bonds. The average molecular weight is 854 g/mol. The molecule has 0 spiro atoms. The van der Waals surface area contributed by atoms with Gasteiger partial charge >= 0.3 is 37.9 Å². The molecule has 5 atom stereocenters. The molecular formula is C35H55Br2Cl2Si2Zr-. The number of hydrogen-bond acceptors (Lipinski definition) is 0. The molecule has 3 saturated carbocycles. The van der Waals surface area contributed by atoms with Gasteiger partial charge in [-0.2, -0.15) is 0 Å². The molecule has 0 radical (unpaired) electrons. The molecule has 42 heavy (non-hydrogen) atoms. The van der Waals surface area contributed by atoms with Crippen molar-refractivity contribution in [1.82, 2.24) is 0 Å². The Kier molecular flexibility index (Phi) is 17.5. The molecule has 0 nitrogen and oxygen atoms in total. The number of allylic oxidation sites excluding steroid dienone is 5. The molecule has 6 rings (SSSR count). The number of alkyl halides is 1. The summed E-state index contributed by atoms with van der Waals surface area (Å²) in [5.74, 6) is 2.14. The normalized spacial score (nSPS) is 27.9. The van der Waals surface area contributed by atoms with Crippen LogP contribution in [0, 0.1) is 19.3 Å². The van der Waals surface area contributed by atoms with Crippen molar-refractivity contribution >= 4 is 71.1 Å². The molecule has 0 saturated heterocycles. The molecule has 5 aliphatic carbocycles. The van der Waals surface area contributed by atoms with Crippen LogP contribution in [0.2, 0.25) is 42.8 Å². The maximum atomic E-state index is 4.93. The summed E-state index contributed by atoms with van der Waals surface area (Å²) in [5, 5.41) is 0. The molecule has 7 heteroatoms. The van der Waals surface area contributed by atoms with Crippen molar-refractivity contribution in [2.75, 3.05) is 0 Å². The quantitative estimate of drug-likeness (QED) is 0.161. The molecule has 0 bridgehead atoms. The number of benzene rings is 1. The minimum atomic E-state index is -1.39. The van der Waals surface area contributed by atoms with Gasteiger partial charge in [0.1, 0.15) is 0 Å². The molecular weight excluding hydrogens is 798 g/mol. The van der Waals surface area contributed by atoms with Gasteiger partial charge in [0.05, 0.1) is 16.1 Å². The van der Waals surface area contributed by atoms with E-state index in [9.17, 15) is 0 Å². The van der Waals surface area contributed by atoms with Gasteiger partial charge in [-0.3, -0.25) is 0 Å². The van der Waals surface area contributed by atoms with Gasteiger partial charge in [-0.25, -0.2) is 0 Å². The van der Waals surface area contributed by atoms with E-state index >= 15 is 0 Å². The number of hydrogen-bond donors (Lipinski definition) is 0. The number of rotatable bonds is 4. The van der Waals surface area contributed by atoms with Gasteiger partial charge in [0.25, 0.3) is 0 Å². The molecule has 0 heterocycles. The van der Waals surface area contributed by atoms with Crippen LogP contribution in [0.4, 0.5) is 0 Å². The van der Waals surface area contributed by atoms with E-state index in [-0.39, 0.29) is 7.43 Å². The van der Waals surface area contributed by atoms with Gasteiger partial charge in [0.15, 0.2) is 0 Å². The van der Waals surface area contributed by atoms with Gasteiger partial charge < -0.3 is 7.43 Å². The van der Waals surface area contributed by atoms with Crippen LogP contribution in [0.25, 0.3) is 6.08 Å². The predicted octanol–water partition coefficient (Wildman–Crippen LogP) is 14.1. The van der Waals surface area contributed by atoms with Crippen LogP contribution in [0.3, 0.4) is 0 Å². The Labute approximate surface area is 297 Å².